The van der Waals surface area contributed by atoms with E-state index < -0.39 is 16.0 Å². The van der Waals surface area contributed by atoms with Crippen molar-refractivity contribution in [2.45, 2.75) is 32.3 Å². The average molecular weight is 434 g/mol. The Kier molecular flexibility index (Phi) is 7.12. The van der Waals surface area contributed by atoms with E-state index in [4.69, 9.17) is 14.2 Å². The number of rotatable bonds is 7. The molecule has 0 aromatic heterocycles. The Morgan fingerprint density at radius 3 is 2.40 bits per heavy atom. The maximum Gasteiger partial charge on any atom is 0.344 e. The lowest BCUT2D eigenvalue weighted by Gasteiger charge is -2.26. The van der Waals surface area contributed by atoms with Gasteiger partial charge in [-0.1, -0.05) is 29.8 Å². The first-order valence-electron chi connectivity index (χ1n) is 9.80. The molecule has 0 radical (unpaired) electrons. The van der Waals surface area contributed by atoms with Crippen LogP contribution in [-0.2, 0) is 30.9 Å². The van der Waals surface area contributed by atoms with Crippen molar-refractivity contribution >= 4 is 16.0 Å². The minimum atomic E-state index is -3.59. The molecule has 1 fully saturated rings. The van der Waals surface area contributed by atoms with E-state index in [0.29, 0.717) is 37.6 Å². The Morgan fingerprint density at radius 2 is 1.73 bits per heavy atom. The number of carbonyl (C=O) groups excluding carboxylic acids is 1. The van der Waals surface area contributed by atoms with Crippen LogP contribution in [0.2, 0.25) is 0 Å². The summed E-state index contributed by atoms with van der Waals surface area (Å²) in [4.78, 5) is 12.3. The number of aryl methyl sites for hydroxylation is 3. The quantitative estimate of drug-likeness (QED) is 0.625. The summed E-state index contributed by atoms with van der Waals surface area (Å²) < 4.78 is 43.1. The summed E-state index contributed by atoms with van der Waals surface area (Å²) in [6.07, 6.45) is 0. The molecule has 0 amide bonds. The van der Waals surface area contributed by atoms with E-state index in [0.717, 1.165) is 16.7 Å². The number of carbonyl (C=O) groups is 1. The van der Waals surface area contributed by atoms with Crippen molar-refractivity contribution in [2.75, 3.05) is 32.9 Å². The highest BCUT2D eigenvalue weighted by molar-refractivity contribution is 7.89. The van der Waals surface area contributed by atoms with Gasteiger partial charge in [0.05, 0.1) is 18.1 Å². The molecule has 1 aliphatic rings. The van der Waals surface area contributed by atoms with Gasteiger partial charge in [-0.2, -0.15) is 4.31 Å². The lowest BCUT2D eigenvalue weighted by molar-refractivity contribution is -0.147. The number of hydrogen-bond donors (Lipinski definition) is 0. The molecule has 2 aromatic rings. The molecule has 0 aliphatic carbocycles. The molecular weight excluding hydrogens is 406 g/mol. The van der Waals surface area contributed by atoms with Gasteiger partial charge >= 0.3 is 5.97 Å². The van der Waals surface area contributed by atoms with Gasteiger partial charge in [-0.05, 0) is 49.6 Å². The maximum absolute atomic E-state index is 12.8. The molecule has 1 heterocycles. The molecule has 0 atom stereocenters. The molecule has 3 rings (SSSR count). The number of morpholine rings is 1. The molecular formula is C22H27NO6S. The highest BCUT2D eigenvalue weighted by Crippen LogP contribution is 2.24. The van der Waals surface area contributed by atoms with Crippen molar-refractivity contribution in [3.8, 4) is 5.75 Å². The molecule has 162 valence electrons. The Balaban J connectivity index is 1.58. The Morgan fingerprint density at radius 1 is 1.07 bits per heavy atom. The number of sulfonamides is 1. The summed E-state index contributed by atoms with van der Waals surface area (Å²) in [5.74, 6) is 0.159. The monoisotopic (exact) mass is 433 g/mol. The van der Waals surface area contributed by atoms with Crippen molar-refractivity contribution in [3.05, 3.63) is 58.7 Å². The number of ether oxygens (including phenoxy) is 3. The summed E-state index contributed by atoms with van der Waals surface area (Å²) in [7, 11) is -3.59. The first-order valence-corrected chi connectivity index (χ1v) is 11.2. The Bertz CT molecular complexity index is 989. The molecule has 1 saturated heterocycles. The second-order valence-corrected chi connectivity index (χ2v) is 9.28. The zero-order valence-electron chi connectivity index (χ0n) is 17.5. The second kappa shape index (κ2) is 9.59. The standard InChI is InChI=1S/C22H27NO6S/c1-16-11-17(2)22(18(3)12-16)29-15-21(24)28-14-19-5-4-6-20(13-19)30(25,26)23-7-9-27-10-8-23/h4-6,11-13H,7-10,14-15H2,1-3H3. The average Bonchev–Trinajstić information content (AvgIpc) is 2.72. The van der Waals surface area contributed by atoms with Gasteiger partial charge in [-0.15, -0.1) is 0 Å². The fraction of sp³-hybridized carbons (Fsp3) is 0.409. The third-order valence-electron chi connectivity index (χ3n) is 4.85. The van der Waals surface area contributed by atoms with E-state index >= 15 is 0 Å². The van der Waals surface area contributed by atoms with Gasteiger partial charge in [0, 0.05) is 13.1 Å². The lowest BCUT2D eigenvalue weighted by Crippen LogP contribution is -2.40. The van der Waals surface area contributed by atoms with E-state index in [1.165, 1.54) is 10.4 Å². The molecule has 0 N–H and O–H groups in total. The minimum Gasteiger partial charge on any atom is -0.481 e. The van der Waals surface area contributed by atoms with E-state index in [9.17, 15) is 13.2 Å². The first-order chi connectivity index (χ1) is 14.3. The van der Waals surface area contributed by atoms with Crippen LogP contribution in [0.15, 0.2) is 41.3 Å². The van der Waals surface area contributed by atoms with Gasteiger partial charge in [0.15, 0.2) is 6.61 Å². The van der Waals surface area contributed by atoms with Gasteiger partial charge in [0.1, 0.15) is 12.4 Å². The molecule has 1 aliphatic heterocycles. The predicted molar refractivity (Wildman–Crippen MR) is 112 cm³/mol. The fourth-order valence-corrected chi connectivity index (χ4v) is 4.94. The van der Waals surface area contributed by atoms with Gasteiger partial charge in [0.25, 0.3) is 0 Å². The van der Waals surface area contributed by atoms with Crippen LogP contribution in [0.4, 0.5) is 0 Å². The zero-order chi connectivity index (χ0) is 21.7. The minimum absolute atomic E-state index is 0.0273. The molecule has 30 heavy (non-hydrogen) atoms. The van der Waals surface area contributed by atoms with Crippen LogP contribution in [-0.4, -0.2) is 51.6 Å². The topological polar surface area (TPSA) is 82.1 Å². The number of hydrogen-bond acceptors (Lipinski definition) is 6. The highest BCUT2D eigenvalue weighted by Gasteiger charge is 2.26. The second-order valence-electron chi connectivity index (χ2n) is 7.34. The van der Waals surface area contributed by atoms with Crippen LogP contribution >= 0.6 is 0 Å². The molecule has 0 bridgehead atoms. The van der Waals surface area contributed by atoms with Crippen molar-refractivity contribution in [3.63, 3.8) is 0 Å². The van der Waals surface area contributed by atoms with Crippen molar-refractivity contribution in [1.82, 2.24) is 4.31 Å². The molecule has 0 spiro atoms. The van der Waals surface area contributed by atoms with E-state index in [1.807, 2.05) is 32.9 Å². The summed E-state index contributed by atoms with van der Waals surface area (Å²) >= 11 is 0. The summed E-state index contributed by atoms with van der Waals surface area (Å²) in [6, 6.07) is 10.4. The van der Waals surface area contributed by atoms with Gasteiger partial charge < -0.3 is 14.2 Å². The lowest BCUT2D eigenvalue weighted by atomic mass is 10.1. The zero-order valence-corrected chi connectivity index (χ0v) is 18.3. The van der Waals surface area contributed by atoms with Crippen LogP contribution in [0.25, 0.3) is 0 Å². The SMILES string of the molecule is Cc1cc(C)c(OCC(=O)OCc2cccc(S(=O)(=O)N3CCOCC3)c2)c(C)c1. The van der Waals surface area contributed by atoms with Crippen molar-refractivity contribution in [2.24, 2.45) is 0 Å². The van der Waals surface area contributed by atoms with Crippen LogP contribution in [0.5, 0.6) is 5.75 Å². The molecule has 0 saturated carbocycles. The fourth-order valence-electron chi connectivity index (χ4n) is 3.46. The van der Waals surface area contributed by atoms with Crippen molar-refractivity contribution < 1.29 is 27.4 Å². The van der Waals surface area contributed by atoms with Crippen molar-refractivity contribution in [1.29, 1.82) is 0 Å². The Hall–Kier alpha value is -2.42. The van der Waals surface area contributed by atoms with Gasteiger partial charge in [-0.3, -0.25) is 0 Å². The van der Waals surface area contributed by atoms with Crippen LogP contribution < -0.4 is 4.74 Å². The normalized spacial score (nSPS) is 15.0. The number of nitrogens with zero attached hydrogens (tertiary/aromatic N) is 1. The summed E-state index contributed by atoms with van der Waals surface area (Å²) in [5.41, 5.74) is 3.65. The summed E-state index contributed by atoms with van der Waals surface area (Å²) in [6.45, 7) is 7.06. The first kappa shape index (κ1) is 22.3. The van der Waals surface area contributed by atoms with Crippen LogP contribution in [0.1, 0.15) is 22.3 Å². The van der Waals surface area contributed by atoms with E-state index in [1.54, 1.807) is 18.2 Å². The Labute approximate surface area is 177 Å². The third-order valence-corrected chi connectivity index (χ3v) is 6.74. The third kappa shape index (κ3) is 5.38. The highest BCUT2D eigenvalue weighted by atomic mass is 32.2. The summed E-state index contributed by atoms with van der Waals surface area (Å²) in [5, 5.41) is 0. The molecule has 8 heteroatoms. The largest absolute Gasteiger partial charge is 0.481 e. The van der Waals surface area contributed by atoms with Gasteiger partial charge in [-0.25, -0.2) is 13.2 Å². The molecule has 2 aromatic carbocycles. The van der Waals surface area contributed by atoms with E-state index in [-0.39, 0.29) is 18.1 Å². The predicted octanol–water partition coefficient (Wildman–Crippen LogP) is 2.75. The van der Waals surface area contributed by atoms with E-state index in [2.05, 4.69) is 0 Å². The smallest absolute Gasteiger partial charge is 0.344 e. The molecule has 0 unspecified atom stereocenters. The van der Waals surface area contributed by atoms with Crippen LogP contribution in [0.3, 0.4) is 0 Å². The maximum atomic E-state index is 12.8. The number of esters is 1. The molecule has 7 nitrogen and oxygen atoms in total. The van der Waals surface area contributed by atoms with Gasteiger partial charge in [0.2, 0.25) is 10.0 Å². The van der Waals surface area contributed by atoms with Crippen LogP contribution in [0, 0.1) is 20.8 Å². The number of benzene rings is 2.